The lowest BCUT2D eigenvalue weighted by Gasteiger charge is -2.12. The molecule has 0 radical (unpaired) electrons. The van der Waals surface area contributed by atoms with Gasteiger partial charge in [-0.1, -0.05) is 6.07 Å². The van der Waals surface area contributed by atoms with E-state index in [2.05, 4.69) is 11.4 Å². The number of rotatable bonds is 2. The van der Waals surface area contributed by atoms with E-state index in [4.69, 9.17) is 0 Å². The molecule has 3 heteroatoms. The number of hydrogen-bond acceptors (Lipinski definition) is 3. The summed E-state index contributed by atoms with van der Waals surface area (Å²) in [6.07, 6.45) is 4.35. The number of nitrogens with one attached hydrogen (secondary N) is 1. The molecule has 1 fully saturated rings. The summed E-state index contributed by atoms with van der Waals surface area (Å²) in [6.45, 7) is 1.06. The Morgan fingerprint density at radius 2 is 2.36 bits per heavy atom. The molecular formula is C11H15NOS. The lowest BCUT2D eigenvalue weighted by atomic mass is 10.0. The molecule has 2 N–H and O–H groups in total. The van der Waals surface area contributed by atoms with Gasteiger partial charge in [0, 0.05) is 16.5 Å². The van der Waals surface area contributed by atoms with Gasteiger partial charge < -0.3 is 10.4 Å². The van der Waals surface area contributed by atoms with Crippen LogP contribution in [0.25, 0.3) is 0 Å². The van der Waals surface area contributed by atoms with Gasteiger partial charge in [0.25, 0.3) is 0 Å². The van der Waals surface area contributed by atoms with Crippen LogP contribution in [0.5, 0.6) is 5.75 Å². The minimum atomic E-state index is 0.353. The second-order valence-corrected chi connectivity index (χ2v) is 4.45. The molecule has 2 rings (SSSR count). The number of phenolic OH excluding ortho intramolecular Hbond substituents is 1. The highest BCUT2D eigenvalue weighted by Gasteiger charge is 2.18. The number of thioether (sulfide) groups is 1. The Kier molecular flexibility index (Phi) is 2.99. The molecule has 1 aromatic rings. The summed E-state index contributed by atoms with van der Waals surface area (Å²) < 4.78 is 0. The molecule has 0 bridgehead atoms. The molecule has 2 nitrogen and oxygen atoms in total. The molecular weight excluding hydrogens is 194 g/mol. The van der Waals surface area contributed by atoms with E-state index in [-0.39, 0.29) is 0 Å². The Bertz CT molecular complexity index is 321. The van der Waals surface area contributed by atoms with Crippen molar-refractivity contribution < 1.29 is 5.11 Å². The van der Waals surface area contributed by atoms with E-state index in [1.807, 2.05) is 18.4 Å². The van der Waals surface area contributed by atoms with E-state index in [1.54, 1.807) is 11.8 Å². The molecule has 1 aliphatic heterocycles. The van der Waals surface area contributed by atoms with Gasteiger partial charge in [0.2, 0.25) is 0 Å². The standard InChI is InChI=1S/C11H15NOS/c1-14-8-4-5-9(11(13)7-8)10-3-2-6-12-10/h4-5,7,10,12-13H,2-3,6H2,1H3. The van der Waals surface area contributed by atoms with E-state index in [0.29, 0.717) is 11.8 Å². The van der Waals surface area contributed by atoms with Crippen LogP contribution in [0.15, 0.2) is 23.1 Å². The van der Waals surface area contributed by atoms with Gasteiger partial charge >= 0.3 is 0 Å². The van der Waals surface area contributed by atoms with Gasteiger partial charge in [-0.15, -0.1) is 11.8 Å². The highest BCUT2D eigenvalue weighted by Crippen LogP contribution is 2.32. The maximum atomic E-state index is 9.83. The molecule has 76 valence electrons. The third-order valence-corrected chi connectivity index (χ3v) is 3.40. The van der Waals surface area contributed by atoms with Crippen molar-refractivity contribution in [2.45, 2.75) is 23.8 Å². The molecule has 1 unspecified atom stereocenters. The summed E-state index contributed by atoms with van der Waals surface area (Å²) in [5, 5.41) is 13.2. The monoisotopic (exact) mass is 209 g/mol. The van der Waals surface area contributed by atoms with E-state index in [1.165, 1.54) is 6.42 Å². The van der Waals surface area contributed by atoms with Crippen molar-refractivity contribution in [1.29, 1.82) is 0 Å². The molecule has 1 aromatic carbocycles. The number of hydrogen-bond donors (Lipinski definition) is 2. The van der Waals surface area contributed by atoms with Crippen LogP contribution < -0.4 is 5.32 Å². The molecule has 1 saturated heterocycles. The molecule has 0 amide bonds. The van der Waals surface area contributed by atoms with E-state index in [0.717, 1.165) is 23.4 Å². The van der Waals surface area contributed by atoms with Gasteiger partial charge in [0.1, 0.15) is 5.75 Å². The van der Waals surface area contributed by atoms with Crippen LogP contribution in [0.4, 0.5) is 0 Å². The third-order valence-electron chi connectivity index (χ3n) is 2.67. The summed E-state index contributed by atoms with van der Waals surface area (Å²) in [4.78, 5) is 1.12. The predicted molar refractivity (Wildman–Crippen MR) is 59.9 cm³/mol. The van der Waals surface area contributed by atoms with E-state index < -0.39 is 0 Å². The van der Waals surface area contributed by atoms with Crippen LogP contribution in [-0.2, 0) is 0 Å². The first-order valence-electron chi connectivity index (χ1n) is 4.91. The molecule has 14 heavy (non-hydrogen) atoms. The molecule has 1 heterocycles. The Labute approximate surface area is 88.7 Å². The average molecular weight is 209 g/mol. The highest BCUT2D eigenvalue weighted by molar-refractivity contribution is 7.98. The highest BCUT2D eigenvalue weighted by atomic mass is 32.2. The smallest absolute Gasteiger partial charge is 0.121 e. The van der Waals surface area contributed by atoms with Crippen LogP contribution in [0.3, 0.4) is 0 Å². The Morgan fingerprint density at radius 3 is 2.93 bits per heavy atom. The Balaban J connectivity index is 2.25. The first kappa shape index (κ1) is 9.87. The zero-order valence-corrected chi connectivity index (χ0v) is 9.10. The van der Waals surface area contributed by atoms with Crippen LogP contribution in [0.1, 0.15) is 24.4 Å². The molecule has 1 atom stereocenters. The van der Waals surface area contributed by atoms with Crippen molar-refractivity contribution in [3.8, 4) is 5.75 Å². The van der Waals surface area contributed by atoms with Crippen molar-refractivity contribution in [3.63, 3.8) is 0 Å². The van der Waals surface area contributed by atoms with Crippen LogP contribution in [0.2, 0.25) is 0 Å². The second kappa shape index (κ2) is 4.24. The molecule has 0 aromatic heterocycles. The van der Waals surface area contributed by atoms with Crippen LogP contribution in [-0.4, -0.2) is 17.9 Å². The zero-order valence-electron chi connectivity index (χ0n) is 8.29. The topological polar surface area (TPSA) is 32.3 Å². The van der Waals surface area contributed by atoms with Gasteiger partial charge in [-0.2, -0.15) is 0 Å². The van der Waals surface area contributed by atoms with Crippen LogP contribution >= 0.6 is 11.8 Å². The molecule has 0 aliphatic carbocycles. The Hall–Kier alpha value is -0.670. The zero-order chi connectivity index (χ0) is 9.97. The first-order valence-corrected chi connectivity index (χ1v) is 6.14. The number of benzene rings is 1. The summed E-state index contributed by atoms with van der Waals surface area (Å²) in [5.74, 6) is 0.427. The second-order valence-electron chi connectivity index (χ2n) is 3.57. The van der Waals surface area contributed by atoms with Gasteiger partial charge in [-0.25, -0.2) is 0 Å². The summed E-state index contributed by atoms with van der Waals surface area (Å²) >= 11 is 1.65. The SMILES string of the molecule is CSc1ccc(C2CCCN2)c(O)c1. The van der Waals surface area contributed by atoms with Crippen molar-refractivity contribution >= 4 is 11.8 Å². The fourth-order valence-electron chi connectivity index (χ4n) is 1.90. The van der Waals surface area contributed by atoms with Crippen LogP contribution in [0, 0.1) is 0 Å². The predicted octanol–water partition coefficient (Wildman–Crippen LogP) is 2.54. The largest absolute Gasteiger partial charge is 0.508 e. The maximum absolute atomic E-state index is 9.83. The van der Waals surface area contributed by atoms with Crippen molar-refractivity contribution in [2.75, 3.05) is 12.8 Å². The molecule has 1 aliphatic rings. The average Bonchev–Trinajstić information content (AvgIpc) is 2.70. The number of aromatic hydroxyl groups is 1. The van der Waals surface area contributed by atoms with Crippen molar-refractivity contribution in [1.82, 2.24) is 5.32 Å². The summed E-state index contributed by atoms with van der Waals surface area (Å²) in [6, 6.07) is 6.30. The third kappa shape index (κ3) is 1.88. The van der Waals surface area contributed by atoms with Gasteiger partial charge in [0.15, 0.2) is 0 Å². The van der Waals surface area contributed by atoms with Gasteiger partial charge in [-0.3, -0.25) is 0 Å². The summed E-state index contributed by atoms with van der Waals surface area (Å²) in [5.41, 5.74) is 1.04. The lowest BCUT2D eigenvalue weighted by Crippen LogP contribution is -2.12. The maximum Gasteiger partial charge on any atom is 0.121 e. The molecule has 0 spiro atoms. The minimum Gasteiger partial charge on any atom is -0.508 e. The van der Waals surface area contributed by atoms with E-state index in [9.17, 15) is 5.11 Å². The molecule has 0 saturated carbocycles. The number of phenols is 1. The normalized spacial score (nSPS) is 21.4. The summed E-state index contributed by atoms with van der Waals surface area (Å²) in [7, 11) is 0. The Morgan fingerprint density at radius 1 is 1.50 bits per heavy atom. The fourth-order valence-corrected chi connectivity index (χ4v) is 2.33. The first-order chi connectivity index (χ1) is 6.81. The quantitative estimate of drug-likeness (QED) is 0.734. The lowest BCUT2D eigenvalue weighted by molar-refractivity contribution is 0.455. The van der Waals surface area contributed by atoms with Gasteiger partial charge in [-0.05, 0) is 37.8 Å². The minimum absolute atomic E-state index is 0.353. The fraction of sp³-hybridized carbons (Fsp3) is 0.455. The van der Waals surface area contributed by atoms with Gasteiger partial charge in [0.05, 0.1) is 0 Å². The van der Waals surface area contributed by atoms with E-state index >= 15 is 0 Å². The van der Waals surface area contributed by atoms with Crippen molar-refractivity contribution in [3.05, 3.63) is 23.8 Å². The van der Waals surface area contributed by atoms with Crippen molar-refractivity contribution in [2.24, 2.45) is 0 Å².